The fraction of sp³-hybridized carbons (Fsp3) is 0.550. The van der Waals surface area contributed by atoms with Crippen LogP contribution in [0.1, 0.15) is 34.3 Å². The molecule has 3 heterocycles. The first-order valence-electron chi connectivity index (χ1n) is 10.0. The quantitative estimate of drug-likeness (QED) is 0.604. The number of hydrogen-bond donors (Lipinski definition) is 3. The van der Waals surface area contributed by atoms with Gasteiger partial charge in [-0.25, -0.2) is 0 Å². The van der Waals surface area contributed by atoms with Crippen molar-refractivity contribution in [3.05, 3.63) is 34.9 Å². The van der Waals surface area contributed by atoms with Crippen molar-refractivity contribution in [3.8, 4) is 0 Å². The van der Waals surface area contributed by atoms with Gasteiger partial charge in [0.2, 0.25) is 11.8 Å². The van der Waals surface area contributed by atoms with Crippen LogP contribution in [0.5, 0.6) is 0 Å². The third-order valence-electron chi connectivity index (χ3n) is 5.69. The molecule has 2 fully saturated rings. The minimum Gasteiger partial charge on any atom is -0.322 e. The Morgan fingerprint density at radius 1 is 1.00 bits per heavy atom. The summed E-state index contributed by atoms with van der Waals surface area (Å²) in [4.78, 5) is 40.5. The van der Waals surface area contributed by atoms with Crippen LogP contribution >= 0.6 is 0 Å². The molecule has 1 aromatic carbocycles. The number of carbonyl (C=O) groups excluding carboxylic acids is 3. The number of fused-ring (bicyclic) bond motifs is 1. The van der Waals surface area contributed by atoms with Crippen molar-refractivity contribution in [2.75, 3.05) is 39.3 Å². The monoisotopic (exact) mass is 385 g/mol. The number of imide groups is 1. The largest absolute Gasteiger partial charge is 0.322 e. The maximum Gasteiger partial charge on any atom is 0.255 e. The van der Waals surface area contributed by atoms with E-state index in [9.17, 15) is 14.4 Å². The first-order valence-corrected chi connectivity index (χ1v) is 10.0. The number of nitrogens with one attached hydrogen (secondary N) is 3. The lowest BCUT2D eigenvalue weighted by atomic mass is 10.0. The minimum atomic E-state index is -0.559. The smallest absolute Gasteiger partial charge is 0.255 e. The van der Waals surface area contributed by atoms with Crippen molar-refractivity contribution in [1.29, 1.82) is 0 Å². The number of amides is 3. The molecule has 1 unspecified atom stereocenters. The molecule has 8 heteroatoms. The van der Waals surface area contributed by atoms with Crippen LogP contribution in [0, 0.1) is 0 Å². The molecule has 2 saturated heterocycles. The van der Waals surface area contributed by atoms with Crippen LogP contribution in [-0.4, -0.2) is 72.8 Å². The SMILES string of the molecule is O=C1CCC(N2Cc3ccc(CN4CCNCCNCC4)cc3C2=O)C(=O)N1. The molecule has 3 amide bonds. The van der Waals surface area contributed by atoms with E-state index >= 15 is 0 Å². The van der Waals surface area contributed by atoms with Crippen LogP contribution in [0.15, 0.2) is 18.2 Å². The molecule has 0 spiro atoms. The van der Waals surface area contributed by atoms with Gasteiger partial charge in [0.05, 0.1) is 0 Å². The Morgan fingerprint density at radius 2 is 1.75 bits per heavy atom. The van der Waals surface area contributed by atoms with Crippen molar-refractivity contribution in [2.24, 2.45) is 0 Å². The van der Waals surface area contributed by atoms with Gasteiger partial charge in [0, 0.05) is 64.3 Å². The zero-order valence-electron chi connectivity index (χ0n) is 16.0. The van der Waals surface area contributed by atoms with E-state index in [4.69, 9.17) is 0 Å². The number of rotatable bonds is 3. The molecule has 0 radical (unpaired) electrons. The number of benzene rings is 1. The number of hydrogen-bond acceptors (Lipinski definition) is 6. The molecule has 3 N–H and O–H groups in total. The predicted octanol–water partition coefficient (Wildman–Crippen LogP) is -0.558. The standard InChI is InChI=1S/C20H27N5O3/c26-18-4-3-17(19(27)23-18)25-13-15-2-1-14(11-16(15)20(25)28)12-24-9-7-21-5-6-22-8-10-24/h1-2,11,17,21-22H,3-10,12-13H2,(H,23,26,27). The molecule has 3 aliphatic heterocycles. The summed E-state index contributed by atoms with van der Waals surface area (Å²) >= 11 is 0. The highest BCUT2D eigenvalue weighted by Crippen LogP contribution is 2.28. The van der Waals surface area contributed by atoms with Gasteiger partial charge in [0.25, 0.3) is 5.91 Å². The van der Waals surface area contributed by atoms with E-state index in [1.165, 1.54) is 0 Å². The molecule has 0 bridgehead atoms. The lowest BCUT2D eigenvalue weighted by molar-refractivity contribution is -0.136. The molecule has 0 aromatic heterocycles. The Labute approximate surface area is 164 Å². The van der Waals surface area contributed by atoms with E-state index in [1.54, 1.807) is 4.90 Å². The van der Waals surface area contributed by atoms with E-state index in [2.05, 4.69) is 26.9 Å². The fourth-order valence-electron chi connectivity index (χ4n) is 4.13. The highest BCUT2D eigenvalue weighted by Gasteiger charge is 2.39. The molecular weight excluding hydrogens is 358 g/mol. The van der Waals surface area contributed by atoms with Crippen LogP contribution < -0.4 is 16.0 Å². The molecule has 0 aliphatic carbocycles. The second-order valence-electron chi connectivity index (χ2n) is 7.67. The summed E-state index contributed by atoms with van der Waals surface area (Å²) in [5.41, 5.74) is 2.74. The Balaban J connectivity index is 1.45. The van der Waals surface area contributed by atoms with E-state index in [0.29, 0.717) is 18.5 Å². The predicted molar refractivity (Wildman–Crippen MR) is 104 cm³/mol. The zero-order valence-corrected chi connectivity index (χ0v) is 16.0. The number of piperidine rings is 1. The summed E-state index contributed by atoms with van der Waals surface area (Å²) in [5, 5.41) is 9.17. The third kappa shape index (κ3) is 4.09. The summed E-state index contributed by atoms with van der Waals surface area (Å²) in [6, 6.07) is 5.49. The summed E-state index contributed by atoms with van der Waals surface area (Å²) in [7, 11) is 0. The summed E-state index contributed by atoms with van der Waals surface area (Å²) in [6.45, 7) is 7.03. The minimum absolute atomic E-state index is 0.112. The molecule has 3 aliphatic rings. The van der Waals surface area contributed by atoms with Gasteiger partial charge in [0.15, 0.2) is 0 Å². The van der Waals surface area contributed by atoms with Crippen molar-refractivity contribution < 1.29 is 14.4 Å². The second-order valence-corrected chi connectivity index (χ2v) is 7.67. The first kappa shape index (κ1) is 19.0. The third-order valence-corrected chi connectivity index (χ3v) is 5.69. The molecule has 1 atom stereocenters. The van der Waals surface area contributed by atoms with Crippen LogP contribution in [0.4, 0.5) is 0 Å². The molecule has 4 rings (SSSR count). The van der Waals surface area contributed by atoms with Crippen molar-refractivity contribution in [2.45, 2.75) is 32.0 Å². The van der Waals surface area contributed by atoms with Crippen molar-refractivity contribution in [1.82, 2.24) is 25.8 Å². The number of carbonyl (C=O) groups is 3. The maximum atomic E-state index is 12.9. The van der Waals surface area contributed by atoms with Gasteiger partial charge in [-0.1, -0.05) is 12.1 Å². The lowest BCUT2D eigenvalue weighted by Gasteiger charge is -2.29. The Hall–Kier alpha value is -2.29. The van der Waals surface area contributed by atoms with Gasteiger partial charge in [-0.3, -0.25) is 24.6 Å². The van der Waals surface area contributed by atoms with E-state index in [-0.39, 0.29) is 24.1 Å². The average Bonchev–Trinajstić information content (AvgIpc) is 3.05. The Bertz CT molecular complexity index is 771. The Kier molecular flexibility index (Phi) is 5.70. The first-order chi connectivity index (χ1) is 13.6. The van der Waals surface area contributed by atoms with Gasteiger partial charge in [-0.05, 0) is 23.6 Å². The van der Waals surface area contributed by atoms with Crippen LogP contribution in [0.3, 0.4) is 0 Å². The van der Waals surface area contributed by atoms with E-state index in [0.717, 1.165) is 56.9 Å². The molecule has 150 valence electrons. The number of nitrogens with zero attached hydrogens (tertiary/aromatic N) is 2. The van der Waals surface area contributed by atoms with Crippen LogP contribution in [0.2, 0.25) is 0 Å². The normalized spacial score (nSPS) is 24.4. The lowest BCUT2D eigenvalue weighted by Crippen LogP contribution is -2.52. The van der Waals surface area contributed by atoms with Gasteiger partial charge in [-0.2, -0.15) is 0 Å². The van der Waals surface area contributed by atoms with E-state index in [1.807, 2.05) is 12.1 Å². The summed E-state index contributed by atoms with van der Waals surface area (Å²) < 4.78 is 0. The highest BCUT2D eigenvalue weighted by atomic mass is 16.2. The van der Waals surface area contributed by atoms with Crippen molar-refractivity contribution >= 4 is 17.7 Å². The molecule has 8 nitrogen and oxygen atoms in total. The molecule has 28 heavy (non-hydrogen) atoms. The van der Waals surface area contributed by atoms with Gasteiger partial charge in [-0.15, -0.1) is 0 Å². The fourth-order valence-corrected chi connectivity index (χ4v) is 4.13. The van der Waals surface area contributed by atoms with E-state index < -0.39 is 6.04 Å². The van der Waals surface area contributed by atoms with Crippen LogP contribution in [0.25, 0.3) is 0 Å². The molecule has 1 aromatic rings. The van der Waals surface area contributed by atoms with Crippen molar-refractivity contribution in [3.63, 3.8) is 0 Å². The second kappa shape index (κ2) is 8.38. The summed E-state index contributed by atoms with van der Waals surface area (Å²) in [6.07, 6.45) is 0.670. The van der Waals surface area contributed by atoms with Gasteiger partial charge in [0.1, 0.15) is 6.04 Å². The highest BCUT2D eigenvalue weighted by molar-refractivity contribution is 6.05. The summed E-state index contributed by atoms with van der Waals surface area (Å²) in [5.74, 6) is -0.741. The zero-order chi connectivity index (χ0) is 19.5. The topological polar surface area (TPSA) is 93.8 Å². The Morgan fingerprint density at radius 3 is 2.46 bits per heavy atom. The van der Waals surface area contributed by atoms with Gasteiger partial charge < -0.3 is 15.5 Å². The molecule has 0 saturated carbocycles. The average molecular weight is 385 g/mol. The molecular formula is C20H27N5O3. The van der Waals surface area contributed by atoms with Gasteiger partial charge >= 0.3 is 0 Å². The van der Waals surface area contributed by atoms with Crippen LogP contribution in [-0.2, 0) is 22.7 Å². The maximum absolute atomic E-state index is 12.9.